The van der Waals surface area contributed by atoms with E-state index in [-0.39, 0.29) is 26.5 Å². The molecule has 20 heavy (non-hydrogen) atoms. The van der Waals surface area contributed by atoms with Gasteiger partial charge in [-0.1, -0.05) is 28.4 Å². The first-order valence-electron chi connectivity index (χ1n) is 5.32. The van der Waals surface area contributed by atoms with Gasteiger partial charge in [0.25, 0.3) is 0 Å². The average molecular weight is 337 g/mol. The second-order valence-electron chi connectivity index (χ2n) is 3.89. The standard InChI is InChI=1S/C9H10Cl2N6O2S/c1-4(9-13-16-17-14-9)15-20(18,19)6-3-2-5(10)8(12)7(6)11/h2-4,15H,12H2,1H3,(H,13,14,16,17). The summed E-state index contributed by atoms with van der Waals surface area (Å²) in [6.07, 6.45) is 0. The van der Waals surface area contributed by atoms with Crippen molar-refractivity contribution in [3.05, 3.63) is 28.0 Å². The highest BCUT2D eigenvalue weighted by Gasteiger charge is 2.24. The van der Waals surface area contributed by atoms with Gasteiger partial charge in [0.1, 0.15) is 4.90 Å². The van der Waals surface area contributed by atoms with Crippen LogP contribution in [0.3, 0.4) is 0 Å². The van der Waals surface area contributed by atoms with Gasteiger partial charge >= 0.3 is 0 Å². The monoisotopic (exact) mass is 336 g/mol. The van der Waals surface area contributed by atoms with Gasteiger partial charge in [0.05, 0.1) is 21.8 Å². The number of hydrogen-bond donors (Lipinski definition) is 3. The van der Waals surface area contributed by atoms with Gasteiger partial charge in [-0.2, -0.15) is 5.21 Å². The van der Waals surface area contributed by atoms with E-state index in [9.17, 15) is 8.42 Å². The molecule has 108 valence electrons. The zero-order chi connectivity index (χ0) is 14.9. The number of aromatic amines is 1. The van der Waals surface area contributed by atoms with Crippen LogP contribution in [-0.2, 0) is 10.0 Å². The molecule has 0 saturated carbocycles. The minimum absolute atomic E-state index is 0.00317. The highest BCUT2D eigenvalue weighted by molar-refractivity contribution is 7.89. The molecule has 0 radical (unpaired) electrons. The summed E-state index contributed by atoms with van der Waals surface area (Å²) in [6, 6.07) is 1.94. The number of nitrogen functional groups attached to an aromatic ring is 1. The van der Waals surface area contributed by atoms with Crippen molar-refractivity contribution in [1.29, 1.82) is 0 Å². The Morgan fingerprint density at radius 1 is 1.40 bits per heavy atom. The van der Waals surface area contributed by atoms with Crippen LogP contribution in [0.1, 0.15) is 18.8 Å². The summed E-state index contributed by atoms with van der Waals surface area (Å²) >= 11 is 11.7. The SMILES string of the molecule is CC(NS(=O)(=O)c1ccc(Cl)c(N)c1Cl)c1nn[nH]n1. The van der Waals surface area contributed by atoms with Gasteiger partial charge in [-0.3, -0.25) is 0 Å². The van der Waals surface area contributed by atoms with Crippen LogP contribution in [0, 0.1) is 0 Å². The van der Waals surface area contributed by atoms with Crippen LogP contribution in [0.4, 0.5) is 5.69 Å². The number of benzene rings is 1. The molecule has 2 rings (SSSR count). The van der Waals surface area contributed by atoms with Crippen molar-refractivity contribution in [3.8, 4) is 0 Å². The second-order valence-corrected chi connectivity index (χ2v) is 6.35. The Labute approximate surface area is 124 Å². The molecular weight excluding hydrogens is 327 g/mol. The Bertz CT molecular complexity index is 718. The molecule has 1 aromatic heterocycles. The van der Waals surface area contributed by atoms with Gasteiger partial charge in [0.15, 0.2) is 5.82 Å². The molecule has 1 heterocycles. The van der Waals surface area contributed by atoms with E-state index in [0.29, 0.717) is 0 Å². The van der Waals surface area contributed by atoms with Crippen molar-refractivity contribution in [1.82, 2.24) is 25.3 Å². The fourth-order valence-electron chi connectivity index (χ4n) is 1.46. The first-order chi connectivity index (χ1) is 9.33. The average Bonchev–Trinajstić information content (AvgIpc) is 2.89. The lowest BCUT2D eigenvalue weighted by Gasteiger charge is -2.13. The number of H-pyrrole nitrogens is 1. The van der Waals surface area contributed by atoms with Gasteiger partial charge < -0.3 is 5.73 Å². The summed E-state index contributed by atoms with van der Waals surface area (Å²) in [4.78, 5) is -0.170. The van der Waals surface area contributed by atoms with E-state index in [1.807, 2.05) is 0 Å². The predicted octanol–water partition coefficient (Wildman–Crippen LogP) is 1.13. The summed E-state index contributed by atoms with van der Waals surface area (Å²) in [5.74, 6) is 0.201. The van der Waals surface area contributed by atoms with E-state index >= 15 is 0 Å². The zero-order valence-corrected chi connectivity index (χ0v) is 12.5. The summed E-state index contributed by atoms with van der Waals surface area (Å²) < 4.78 is 26.9. The number of halogens is 2. The summed E-state index contributed by atoms with van der Waals surface area (Å²) in [5.41, 5.74) is 5.61. The largest absolute Gasteiger partial charge is 0.396 e. The summed E-state index contributed by atoms with van der Waals surface area (Å²) in [6.45, 7) is 1.57. The minimum atomic E-state index is -3.90. The molecule has 2 aromatic rings. The topological polar surface area (TPSA) is 127 Å². The Kier molecular flexibility index (Phi) is 4.14. The van der Waals surface area contributed by atoms with Crippen molar-refractivity contribution < 1.29 is 8.42 Å². The molecule has 1 atom stereocenters. The molecule has 1 aromatic carbocycles. The van der Waals surface area contributed by atoms with E-state index in [0.717, 1.165) is 0 Å². The third-order valence-corrected chi connectivity index (χ3v) is 4.89. The van der Waals surface area contributed by atoms with Crippen molar-refractivity contribution in [2.45, 2.75) is 17.9 Å². The first kappa shape index (κ1) is 15.0. The Balaban J connectivity index is 2.34. The minimum Gasteiger partial charge on any atom is -0.396 e. The predicted molar refractivity (Wildman–Crippen MR) is 73.8 cm³/mol. The molecule has 0 bridgehead atoms. The van der Waals surface area contributed by atoms with E-state index < -0.39 is 16.1 Å². The second kappa shape index (κ2) is 5.52. The fraction of sp³-hybridized carbons (Fsp3) is 0.222. The lowest BCUT2D eigenvalue weighted by molar-refractivity contribution is 0.560. The van der Waals surface area contributed by atoms with Crippen LogP contribution in [0.5, 0.6) is 0 Å². The lowest BCUT2D eigenvalue weighted by atomic mass is 10.3. The van der Waals surface area contributed by atoms with Gasteiger partial charge in [-0.15, -0.1) is 10.2 Å². The van der Waals surface area contributed by atoms with Crippen LogP contribution in [0.2, 0.25) is 10.0 Å². The molecule has 0 aliphatic heterocycles. The highest BCUT2D eigenvalue weighted by Crippen LogP contribution is 2.33. The smallest absolute Gasteiger partial charge is 0.242 e. The number of anilines is 1. The molecule has 8 nitrogen and oxygen atoms in total. The van der Waals surface area contributed by atoms with E-state index in [4.69, 9.17) is 28.9 Å². The van der Waals surface area contributed by atoms with Crippen molar-refractivity contribution in [3.63, 3.8) is 0 Å². The van der Waals surface area contributed by atoms with Crippen LogP contribution in [0.15, 0.2) is 17.0 Å². The number of sulfonamides is 1. The normalized spacial score (nSPS) is 13.3. The van der Waals surface area contributed by atoms with Crippen LogP contribution in [0.25, 0.3) is 0 Å². The molecule has 0 aliphatic carbocycles. The first-order valence-corrected chi connectivity index (χ1v) is 7.56. The van der Waals surface area contributed by atoms with E-state index in [1.165, 1.54) is 12.1 Å². The zero-order valence-electron chi connectivity index (χ0n) is 10.1. The van der Waals surface area contributed by atoms with Crippen molar-refractivity contribution in [2.75, 3.05) is 5.73 Å². The molecule has 0 fully saturated rings. The quantitative estimate of drug-likeness (QED) is 0.718. The molecule has 0 amide bonds. The van der Waals surface area contributed by atoms with Crippen LogP contribution in [-0.4, -0.2) is 29.0 Å². The number of nitrogens with zero attached hydrogens (tertiary/aromatic N) is 3. The molecule has 0 aliphatic rings. The molecule has 1 unspecified atom stereocenters. The van der Waals surface area contributed by atoms with Crippen LogP contribution < -0.4 is 10.5 Å². The third kappa shape index (κ3) is 2.85. The van der Waals surface area contributed by atoms with Crippen LogP contribution >= 0.6 is 23.2 Å². The number of rotatable bonds is 4. The number of nitrogens with two attached hydrogens (primary N) is 1. The number of aromatic nitrogens is 4. The number of tetrazole rings is 1. The number of nitrogens with one attached hydrogen (secondary N) is 2. The Morgan fingerprint density at radius 2 is 2.10 bits per heavy atom. The van der Waals surface area contributed by atoms with Gasteiger partial charge in [0, 0.05) is 0 Å². The molecule has 0 spiro atoms. The van der Waals surface area contributed by atoms with Gasteiger partial charge in [0.2, 0.25) is 10.0 Å². The molecule has 11 heteroatoms. The van der Waals surface area contributed by atoms with E-state index in [2.05, 4.69) is 25.3 Å². The summed E-state index contributed by atoms with van der Waals surface area (Å²) in [5, 5.41) is 13.0. The maximum Gasteiger partial charge on any atom is 0.242 e. The Hall–Kier alpha value is -1.42. The van der Waals surface area contributed by atoms with Gasteiger partial charge in [-0.05, 0) is 19.1 Å². The molecule has 0 saturated heterocycles. The summed E-state index contributed by atoms with van der Waals surface area (Å²) in [7, 11) is -3.90. The highest BCUT2D eigenvalue weighted by atomic mass is 35.5. The Morgan fingerprint density at radius 3 is 2.70 bits per heavy atom. The van der Waals surface area contributed by atoms with E-state index in [1.54, 1.807) is 6.92 Å². The van der Waals surface area contributed by atoms with Crippen molar-refractivity contribution >= 4 is 38.9 Å². The maximum absolute atomic E-state index is 12.2. The molecule has 4 N–H and O–H groups in total. The molecular formula is C9H10Cl2N6O2S. The fourth-order valence-corrected chi connectivity index (χ4v) is 3.43. The number of hydrogen-bond acceptors (Lipinski definition) is 6. The lowest BCUT2D eigenvalue weighted by Crippen LogP contribution is -2.28. The third-order valence-electron chi connectivity index (χ3n) is 2.46. The van der Waals surface area contributed by atoms with Gasteiger partial charge in [-0.25, -0.2) is 13.1 Å². The maximum atomic E-state index is 12.2. The van der Waals surface area contributed by atoms with Crippen molar-refractivity contribution in [2.24, 2.45) is 0 Å².